The second kappa shape index (κ2) is 7.10. The van der Waals surface area contributed by atoms with Gasteiger partial charge in [-0.05, 0) is 30.5 Å². The normalized spacial score (nSPS) is 18.0. The van der Waals surface area contributed by atoms with Gasteiger partial charge in [-0.1, -0.05) is 44.2 Å². The lowest BCUT2D eigenvalue weighted by Gasteiger charge is -2.18. The highest BCUT2D eigenvalue weighted by atomic mass is 19.4. The first kappa shape index (κ1) is 16.1. The molecule has 1 saturated carbocycles. The SMILES string of the molecule is O=C(Cc1ccc(C(F)(F)F)cc1)C1CCCCCCC1. The minimum absolute atomic E-state index is 0.0904. The van der Waals surface area contributed by atoms with Gasteiger partial charge in [-0.15, -0.1) is 0 Å². The van der Waals surface area contributed by atoms with Crippen molar-refractivity contribution in [1.29, 1.82) is 0 Å². The number of Topliss-reactive ketones (excluding diaryl/α,β-unsaturated/α-hetero) is 1. The molecule has 0 saturated heterocycles. The van der Waals surface area contributed by atoms with E-state index in [1.54, 1.807) is 0 Å². The summed E-state index contributed by atoms with van der Waals surface area (Å²) in [6, 6.07) is 4.95. The Morgan fingerprint density at radius 1 is 0.952 bits per heavy atom. The quantitative estimate of drug-likeness (QED) is 0.751. The number of rotatable bonds is 3. The molecule has 1 fully saturated rings. The van der Waals surface area contributed by atoms with Crippen molar-refractivity contribution in [3.8, 4) is 0 Å². The van der Waals surface area contributed by atoms with Crippen LogP contribution >= 0.6 is 0 Å². The molecule has 1 aliphatic rings. The number of carbonyl (C=O) groups is 1. The van der Waals surface area contributed by atoms with Gasteiger partial charge in [-0.3, -0.25) is 4.79 Å². The van der Waals surface area contributed by atoms with Gasteiger partial charge in [-0.2, -0.15) is 13.2 Å². The number of hydrogen-bond donors (Lipinski definition) is 0. The fourth-order valence-electron chi connectivity index (χ4n) is 2.94. The summed E-state index contributed by atoms with van der Waals surface area (Å²) in [6.07, 6.45) is 3.59. The Hall–Kier alpha value is -1.32. The Labute approximate surface area is 123 Å². The van der Waals surface area contributed by atoms with Gasteiger partial charge >= 0.3 is 6.18 Å². The van der Waals surface area contributed by atoms with Crippen LogP contribution in [0.3, 0.4) is 0 Å². The van der Waals surface area contributed by atoms with E-state index in [0.717, 1.165) is 37.8 Å². The molecule has 1 aliphatic carbocycles. The third-order valence-electron chi connectivity index (χ3n) is 4.22. The summed E-state index contributed by atoms with van der Waals surface area (Å²) >= 11 is 0. The van der Waals surface area contributed by atoms with E-state index in [0.29, 0.717) is 5.56 Å². The van der Waals surface area contributed by atoms with Crippen molar-refractivity contribution in [2.75, 3.05) is 0 Å². The van der Waals surface area contributed by atoms with Gasteiger partial charge in [0.1, 0.15) is 5.78 Å². The summed E-state index contributed by atoms with van der Waals surface area (Å²) in [5, 5.41) is 0. The van der Waals surface area contributed by atoms with Crippen LogP contribution in [0.2, 0.25) is 0 Å². The summed E-state index contributed by atoms with van der Waals surface area (Å²) in [5.41, 5.74) is 0.0136. The molecular weight excluding hydrogens is 277 g/mol. The van der Waals surface area contributed by atoms with Gasteiger partial charge < -0.3 is 0 Å². The smallest absolute Gasteiger partial charge is 0.299 e. The first-order valence-corrected chi connectivity index (χ1v) is 7.65. The van der Waals surface area contributed by atoms with Crippen LogP contribution in [0.5, 0.6) is 0 Å². The van der Waals surface area contributed by atoms with E-state index in [2.05, 4.69) is 0 Å². The van der Waals surface area contributed by atoms with E-state index < -0.39 is 11.7 Å². The molecule has 4 heteroatoms. The molecule has 2 rings (SSSR count). The third-order valence-corrected chi connectivity index (χ3v) is 4.22. The summed E-state index contributed by atoms with van der Waals surface area (Å²) in [5.74, 6) is 0.268. The van der Waals surface area contributed by atoms with Crippen molar-refractivity contribution in [2.24, 2.45) is 5.92 Å². The molecule has 0 radical (unpaired) electrons. The Balaban J connectivity index is 1.95. The first-order valence-electron chi connectivity index (χ1n) is 7.65. The molecule has 1 nitrogen and oxygen atoms in total. The van der Waals surface area contributed by atoms with E-state index in [1.165, 1.54) is 31.4 Å². The average molecular weight is 298 g/mol. The van der Waals surface area contributed by atoms with E-state index >= 15 is 0 Å². The molecule has 1 aromatic rings. The molecular formula is C17H21F3O. The molecule has 0 amide bonds. The molecule has 0 N–H and O–H groups in total. The fraction of sp³-hybridized carbons (Fsp3) is 0.588. The lowest BCUT2D eigenvalue weighted by atomic mass is 9.86. The number of alkyl halides is 3. The Morgan fingerprint density at radius 3 is 2.00 bits per heavy atom. The second-order valence-corrected chi connectivity index (χ2v) is 5.88. The number of benzene rings is 1. The summed E-state index contributed by atoms with van der Waals surface area (Å²) in [6.45, 7) is 0. The van der Waals surface area contributed by atoms with Gasteiger partial charge in [0.2, 0.25) is 0 Å². The lowest BCUT2D eigenvalue weighted by molar-refractivity contribution is -0.137. The Bertz CT molecular complexity index is 454. The minimum Gasteiger partial charge on any atom is -0.299 e. The van der Waals surface area contributed by atoms with Crippen LogP contribution in [0.4, 0.5) is 13.2 Å². The van der Waals surface area contributed by atoms with Crippen molar-refractivity contribution in [3.05, 3.63) is 35.4 Å². The van der Waals surface area contributed by atoms with Gasteiger partial charge in [0.15, 0.2) is 0 Å². The monoisotopic (exact) mass is 298 g/mol. The summed E-state index contributed by atoms with van der Waals surface area (Å²) in [7, 11) is 0. The molecule has 0 aromatic heterocycles. The number of hydrogen-bond acceptors (Lipinski definition) is 1. The maximum atomic E-state index is 12.5. The highest BCUT2D eigenvalue weighted by Gasteiger charge is 2.30. The number of halogens is 3. The van der Waals surface area contributed by atoms with Crippen LogP contribution < -0.4 is 0 Å². The maximum absolute atomic E-state index is 12.5. The molecule has 1 aromatic carbocycles. The molecule has 0 unspecified atom stereocenters. The molecule has 0 aliphatic heterocycles. The van der Waals surface area contributed by atoms with Gasteiger partial charge in [0.25, 0.3) is 0 Å². The van der Waals surface area contributed by atoms with E-state index in [-0.39, 0.29) is 18.1 Å². The molecule has 116 valence electrons. The molecule has 0 heterocycles. The third kappa shape index (κ3) is 4.87. The largest absolute Gasteiger partial charge is 0.416 e. The zero-order valence-corrected chi connectivity index (χ0v) is 12.1. The Kier molecular flexibility index (Phi) is 5.43. The van der Waals surface area contributed by atoms with Crippen molar-refractivity contribution in [1.82, 2.24) is 0 Å². The molecule has 0 spiro atoms. The standard InChI is InChI=1S/C17H21F3O/c18-17(19,20)15-10-8-13(9-11-15)12-16(21)14-6-4-2-1-3-5-7-14/h8-11,14H,1-7,12H2. The highest BCUT2D eigenvalue weighted by molar-refractivity contribution is 5.83. The van der Waals surface area contributed by atoms with E-state index in [4.69, 9.17) is 0 Å². The van der Waals surface area contributed by atoms with E-state index in [9.17, 15) is 18.0 Å². The van der Waals surface area contributed by atoms with Gasteiger partial charge in [0.05, 0.1) is 5.56 Å². The first-order chi connectivity index (χ1) is 9.97. The highest BCUT2D eigenvalue weighted by Crippen LogP contribution is 2.29. The maximum Gasteiger partial charge on any atom is 0.416 e. The van der Waals surface area contributed by atoms with Gasteiger partial charge in [0, 0.05) is 12.3 Å². The predicted molar refractivity (Wildman–Crippen MR) is 76.0 cm³/mol. The minimum atomic E-state index is -4.32. The topological polar surface area (TPSA) is 17.1 Å². The van der Waals surface area contributed by atoms with Crippen LogP contribution in [-0.2, 0) is 17.4 Å². The Morgan fingerprint density at radius 2 is 1.48 bits per heavy atom. The zero-order chi connectivity index (χ0) is 15.3. The van der Waals surface area contributed by atoms with Crippen molar-refractivity contribution >= 4 is 5.78 Å². The van der Waals surface area contributed by atoms with Crippen molar-refractivity contribution in [3.63, 3.8) is 0 Å². The molecule has 0 atom stereocenters. The molecule has 0 bridgehead atoms. The van der Waals surface area contributed by atoms with Crippen molar-refractivity contribution < 1.29 is 18.0 Å². The fourth-order valence-corrected chi connectivity index (χ4v) is 2.94. The summed E-state index contributed by atoms with van der Waals surface area (Å²) in [4.78, 5) is 12.3. The van der Waals surface area contributed by atoms with Crippen LogP contribution in [0.25, 0.3) is 0 Å². The van der Waals surface area contributed by atoms with Crippen molar-refractivity contribution in [2.45, 2.75) is 57.5 Å². The second-order valence-electron chi connectivity index (χ2n) is 5.88. The van der Waals surface area contributed by atoms with E-state index in [1.807, 2.05) is 0 Å². The van der Waals surface area contributed by atoms with Crippen LogP contribution in [0.1, 0.15) is 56.1 Å². The van der Waals surface area contributed by atoms with Crippen LogP contribution in [0.15, 0.2) is 24.3 Å². The zero-order valence-electron chi connectivity index (χ0n) is 12.1. The lowest BCUT2D eigenvalue weighted by Crippen LogP contribution is -2.18. The van der Waals surface area contributed by atoms with Crippen LogP contribution in [-0.4, -0.2) is 5.78 Å². The molecule has 21 heavy (non-hydrogen) atoms. The number of ketones is 1. The summed E-state index contributed by atoms with van der Waals surface area (Å²) < 4.78 is 37.5. The number of carbonyl (C=O) groups excluding carboxylic acids is 1. The van der Waals surface area contributed by atoms with Crippen LogP contribution in [0, 0.1) is 5.92 Å². The predicted octanol–water partition coefficient (Wildman–Crippen LogP) is 5.18. The average Bonchev–Trinajstić information content (AvgIpc) is 2.37. The van der Waals surface area contributed by atoms with Gasteiger partial charge in [-0.25, -0.2) is 0 Å².